The van der Waals surface area contributed by atoms with Crippen molar-refractivity contribution in [2.45, 2.75) is 57.3 Å². The van der Waals surface area contributed by atoms with Gasteiger partial charge in [0.2, 0.25) is 10.0 Å². The summed E-state index contributed by atoms with van der Waals surface area (Å²) in [5.74, 6) is -0.220. The highest BCUT2D eigenvalue weighted by Gasteiger charge is 2.44. The third kappa shape index (κ3) is 5.78. The maximum absolute atomic E-state index is 13.9. The van der Waals surface area contributed by atoms with E-state index in [1.165, 1.54) is 31.0 Å². The Morgan fingerprint density at radius 3 is 2.48 bits per heavy atom. The van der Waals surface area contributed by atoms with E-state index in [0.29, 0.717) is 23.3 Å². The van der Waals surface area contributed by atoms with Gasteiger partial charge in [-0.05, 0) is 87.3 Å². The van der Waals surface area contributed by atoms with E-state index in [2.05, 4.69) is 50.8 Å². The molecule has 0 radical (unpaired) electrons. The molecule has 3 fully saturated rings. The Morgan fingerprint density at radius 1 is 1.05 bits per heavy atom. The van der Waals surface area contributed by atoms with E-state index in [0.717, 1.165) is 69.0 Å². The lowest BCUT2D eigenvalue weighted by Gasteiger charge is -2.35. The molecule has 2 saturated heterocycles. The van der Waals surface area contributed by atoms with Crippen LogP contribution in [0.3, 0.4) is 0 Å². The van der Waals surface area contributed by atoms with Crippen LogP contribution in [-0.4, -0.2) is 83.8 Å². The minimum absolute atomic E-state index is 0.137. The number of nitrogens with zero attached hydrogens (tertiary/aromatic N) is 3. The standard InChI is InChI=1S/C31H43N5O5S/c1-21-19-36(14-15-41-21)28-18-25(16-23-6-11-34(3)29(23)28)32-30(38)26-5-4-24(33-42(39,40)22(2)20-37)17-27(26)35-12-9-31(7-8-31)10-13-35/h4-5,16-18,21-22,33,37H,6-15,19-20H2,1-3H3,(H,32,38)/t21-,22-/m1/s1. The zero-order valence-corrected chi connectivity index (χ0v) is 25.7. The molecule has 2 atom stereocenters. The summed E-state index contributed by atoms with van der Waals surface area (Å²) in [5.41, 5.74) is 6.40. The fraction of sp³-hybridized carbons (Fsp3) is 0.581. The van der Waals surface area contributed by atoms with E-state index in [9.17, 15) is 18.3 Å². The van der Waals surface area contributed by atoms with E-state index in [1.54, 1.807) is 18.2 Å². The molecule has 3 aliphatic heterocycles. The number of nitrogens with one attached hydrogen (secondary N) is 2. The zero-order valence-electron chi connectivity index (χ0n) is 24.9. The van der Waals surface area contributed by atoms with Crippen LogP contribution in [0.4, 0.5) is 28.4 Å². The predicted octanol–water partition coefficient (Wildman–Crippen LogP) is 3.66. The SMILES string of the molecule is C[C@@H]1CN(c2cc(NC(=O)c3ccc(NS(=O)(=O)[C@H](C)CO)cc3N3CCC4(CC3)CC4)cc3c2N(C)CC3)CCO1. The van der Waals surface area contributed by atoms with E-state index in [1.807, 2.05) is 0 Å². The van der Waals surface area contributed by atoms with Crippen molar-refractivity contribution in [3.05, 3.63) is 41.5 Å². The minimum atomic E-state index is -3.77. The van der Waals surface area contributed by atoms with Crippen molar-refractivity contribution in [1.82, 2.24) is 0 Å². The number of rotatable bonds is 8. The molecular formula is C31H43N5O5S. The third-order valence-corrected chi connectivity index (χ3v) is 11.2. The minimum Gasteiger partial charge on any atom is -0.395 e. The van der Waals surface area contributed by atoms with Crippen LogP contribution in [0.2, 0.25) is 0 Å². The normalized spacial score (nSPS) is 22.2. The fourth-order valence-electron chi connectivity index (χ4n) is 6.57. The van der Waals surface area contributed by atoms with Gasteiger partial charge in [0.1, 0.15) is 5.25 Å². The quantitative estimate of drug-likeness (QED) is 0.423. The number of amides is 1. The van der Waals surface area contributed by atoms with Crippen molar-refractivity contribution >= 4 is 44.4 Å². The number of carbonyl (C=O) groups excluding carboxylic acids is 1. The van der Waals surface area contributed by atoms with Gasteiger partial charge in [-0.1, -0.05) is 0 Å². The van der Waals surface area contributed by atoms with Crippen LogP contribution in [0.25, 0.3) is 0 Å². The molecule has 10 nitrogen and oxygen atoms in total. The zero-order chi connectivity index (χ0) is 29.6. The number of aliphatic hydroxyl groups is 1. The van der Waals surface area contributed by atoms with Crippen molar-refractivity contribution in [1.29, 1.82) is 0 Å². The molecule has 1 aliphatic carbocycles. The Hall–Kier alpha value is -3.02. The molecule has 1 saturated carbocycles. The number of carbonyl (C=O) groups is 1. The summed E-state index contributed by atoms with van der Waals surface area (Å²) in [6.45, 7) is 7.94. The molecule has 2 aromatic carbocycles. The van der Waals surface area contributed by atoms with Crippen molar-refractivity contribution < 1.29 is 23.1 Å². The van der Waals surface area contributed by atoms with Gasteiger partial charge in [-0.25, -0.2) is 8.42 Å². The largest absolute Gasteiger partial charge is 0.395 e. The first-order chi connectivity index (χ1) is 20.1. The van der Waals surface area contributed by atoms with Crippen LogP contribution in [0.15, 0.2) is 30.3 Å². The molecule has 1 amide bonds. The number of sulfonamides is 1. The topological polar surface area (TPSA) is 114 Å². The Bertz CT molecular complexity index is 1450. The van der Waals surface area contributed by atoms with Crippen molar-refractivity contribution in [3.63, 3.8) is 0 Å². The Balaban J connectivity index is 1.30. The number of likely N-dealkylation sites (N-methyl/N-ethyl adjacent to an activating group) is 1. The van der Waals surface area contributed by atoms with Gasteiger partial charge in [0, 0.05) is 45.5 Å². The first-order valence-corrected chi connectivity index (χ1v) is 16.7. The average molecular weight is 598 g/mol. The van der Waals surface area contributed by atoms with Gasteiger partial charge >= 0.3 is 0 Å². The molecule has 1 spiro atoms. The third-order valence-electron chi connectivity index (χ3n) is 9.52. The Kier molecular flexibility index (Phi) is 7.78. The molecule has 2 aromatic rings. The van der Waals surface area contributed by atoms with Crippen LogP contribution >= 0.6 is 0 Å². The van der Waals surface area contributed by atoms with Gasteiger partial charge in [-0.15, -0.1) is 0 Å². The van der Waals surface area contributed by atoms with E-state index >= 15 is 0 Å². The number of benzene rings is 2. The molecule has 42 heavy (non-hydrogen) atoms. The maximum atomic E-state index is 13.9. The van der Waals surface area contributed by atoms with Crippen LogP contribution < -0.4 is 24.7 Å². The molecule has 0 unspecified atom stereocenters. The number of aliphatic hydroxyl groups excluding tert-OH is 1. The lowest BCUT2D eigenvalue weighted by Crippen LogP contribution is -2.41. The lowest BCUT2D eigenvalue weighted by atomic mass is 9.93. The summed E-state index contributed by atoms with van der Waals surface area (Å²) in [4.78, 5) is 20.8. The van der Waals surface area contributed by atoms with Gasteiger partial charge in [0.15, 0.2) is 0 Å². The second-order valence-corrected chi connectivity index (χ2v) is 14.7. The number of piperidine rings is 1. The smallest absolute Gasteiger partial charge is 0.257 e. The summed E-state index contributed by atoms with van der Waals surface area (Å²) < 4.78 is 33.8. The molecule has 11 heteroatoms. The van der Waals surface area contributed by atoms with Gasteiger partial charge < -0.3 is 29.9 Å². The number of hydrogen-bond donors (Lipinski definition) is 3. The molecule has 6 rings (SSSR count). The lowest BCUT2D eigenvalue weighted by molar-refractivity contribution is 0.0532. The summed E-state index contributed by atoms with van der Waals surface area (Å²) in [6.07, 6.45) is 5.74. The van der Waals surface area contributed by atoms with Gasteiger partial charge in [-0.3, -0.25) is 9.52 Å². The second-order valence-electron chi connectivity index (χ2n) is 12.6. The molecule has 0 aromatic heterocycles. The van der Waals surface area contributed by atoms with E-state index < -0.39 is 21.9 Å². The monoisotopic (exact) mass is 597 g/mol. The van der Waals surface area contributed by atoms with Crippen molar-refractivity contribution in [3.8, 4) is 0 Å². The van der Waals surface area contributed by atoms with E-state index in [4.69, 9.17) is 4.74 Å². The average Bonchev–Trinajstić information content (AvgIpc) is 3.62. The van der Waals surface area contributed by atoms with Crippen LogP contribution in [-0.2, 0) is 21.2 Å². The molecule has 228 valence electrons. The molecule has 3 N–H and O–H groups in total. The van der Waals surface area contributed by atoms with Gasteiger partial charge in [0.25, 0.3) is 5.91 Å². The Labute approximate surface area is 249 Å². The highest BCUT2D eigenvalue weighted by atomic mass is 32.2. The number of anilines is 5. The predicted molar refractivity (Wildman–Crippen MR) is 168 cm³/mol. The number of hydrogen-bond acceptors (Lipinski definition) is 8. The van der Waals surface area contributed by atoms with Crippen molar-refractivity contribution in [2.24, 2.45) is 5.41 Å². The molecule has 4 aliphatic rings. The van der Waals surface area contributed by atoms with Gasteiger partial charge in [0.05, 0.1) is 47.6 Å². The van der Waals surface area contributed by atoms with Crippen molar-refractivity contribution in [2.75, 3.05) is 77.7 Å². The number of morpholine rings is 1. The Morgan fingerprint density at radius 2 is 1.79 bits per heavy atom. The summed E-state index contributed by atoms with van der Waals surface area (Å²) in [7, 11) is -1.65. The first kappa shape index (κ1) is 29.1. The first-order valence-electron chi connectivity index (χ1n) is 15.1. The maximum Gasteiger partial charge on any atom is 0.257 e. The number of fused-ring (bicyclic) bond motifs is 1. The van der Waals surface area contributed by atoms with Crippen LogP contribution in [0.1, 0.15) is 55.5 Å². The molecular weight excluding hydrogens is 554 g/mol. The van der Waals surface area contributed by atoms with Crippen LogP contribution in [0, 0.1) is 5.41 Å². The fourth-order valence-corrected chi connectivity index (χ4v) is 7.42. The number of ether oxygens (including phenoxy) is 1. The molecule has 3 heterocycles. The highest BCUT2D eigenvalue weighted by Crippen LogP contribution is 2.54. The summed E-state index contributed by atoms with van der Waals surface area (Å²) in [5, 5.41) is 11.7. The summed E-state index contributed by atoms with van der Waals surface area (Å²) >= 11 is 0. The van der Waals surface area contributed by atoms with Crippen LogP contribution in [0.5, 0.6) is 0 Å². The second kappa shape index (κ2) is 11.2. The van der Waals surface area contributed by atoms with E-state index in [-0.39, 0.29) is 12.0 Å². The molecule has 0 bridgehead atoms. The van der Waals surface area contributed by atoms with Gasteiger partial charge in [-0.2, -0.15) is 0 Å². The summed E-state index contributed by atoms with van der Waals surface area (Å²) in [6, 6.07) is 9.26. The highest BCUT2D eigenvalue weighted by molar-refractivity contribution is 7.93.